The highest BCUT2D eigenvalue weighted by molar-refractivity contribution is 6.31. The smallest absolute Gasteiger partial charge is 0.339 e. The first-order chi connectivity index (χ1) is 9.60. The molecule has 1 aliphatic rings. The van der Waals surface area contributed by atoms with Crippen LogP contribution in [0.25, 0.3) is 0 Å². The molecule has 1 atom stereocenters. The van der Waals surface area contributed by atoms with Crippen LogP contribution in [0.15, 0.2) is 18.2 Å². The second kappa shape index (κ2) is 6.92. The third-order valence-electron chi connectivity index (χ3n) is 3.27. The maximum atomic E-state index is 11.1. The van der Waals surface area contributed by atoms with E-state index in [1.54, 1.807) is 12.1 Å². The summed E-state index contributed by atoms with van der Waals surface area (Å²) in [4.78, 5) is 13.4. The lowest BCUT2D eigenvalue weighted by Crippen LogP contribution is -2.44. The summed E-state index contributed by atoms with van der Waals surface area (Å²) in [6, 6.07) is 4.58. The number of carboxylic acid groups (broad SMARTS) is 1. The SMILES string of the molecule is CCN1CCOC(COc2ccc(Cl)cc2C(=O)O)C1. The molecular weight excluding hydrogens is 282 g/mol. The molecule has 2 rings (SSSR count). The quantitative estimate of drug-likeness (QED) is 0.902. The van der Waals surface area contributed by atoms with Gasteiger partial charge in [-0.05, 0) is 24.7 Å². The Morgan fingerprint density at radius 1 is 1.60 bits per heavy atom. The molecule has 6 heteroatoms. The number of benzene rings is 1. The maximum absolute atomic E-state index is 11.1. The Kier molecular flexibility index (Phi) is 5.23. The molecule has 1 aromatic carbocycles. The van der Waals surface area contributed by atoms with Gasteiger partial charge in [-0.25, -0.2) is 4.79 Å². The lowest BCUT2D eigenvalue weighted by atomic mass is 10.2. The molecule has 20 heavy (non-hydrogen) atoms. The molecule has 0 spiro atoms. The van der Waals surface area contributed by atoms with E-state index < -0.39 is 5.97 Å². The minimum atomic E-state index is -1.05. The zero-order chi connectivity index (χ0) is 14.5. The number of rotatable bonds is 5. The predicted molar refractivity (Wildman–Crippen MR) is 75.8 cm³/mol. The summed E-state index contributed by atoms with van der Waals surface area (Å²) < 4.78 is 11.2. The largest absolute Gasteiger partial charge is 0.490 e. The van der Waals surface area contributed by atoms with Crippen LogP contribution in [0.4, 0.5) is 0 Å². The molecule has 5 nitrogen and oxygen atoms in total. The Hall–Kier alpha value is -1.30. The second-order valence-corrected chi connectivity index (χ2v) is 5.08. The summed E-state index contributed by atoms with van der Waals surface area (Å²) in [5.41, 5.74) is 0.0701. The minimum absolute atomic E-state index is 0.0407. The lowest BCUT2D eigenvalue weighted by Gasteiger charge is -2.31. The molecular formula is C14H18ClNO4. The molecule has 0 saturated carbocycles. The molecule has 1 N–H and O–H groups in total. The number of carbonyl (C=O) groups is 1. The minimum Gasteiger partial charge on any atom is -0.490 e. The highest BCUT2D eigenvalue weighted by Gasteiger charge is 2.21. The van der Waals surface area contributed by atoms with Gasteiger partial charge in [0.05, 0.1) is 6.61 Å². The van der Waals surface area contributed by atoms with Crippen molar-refractivity contribution in [3.63, 3.8) is 0 Å². The van der Waals surface area contributed by atoms with Gasteiger partial charge in [0, 0.05) is 18.1 Å². The van der Waals surface area contributed by atoms with Crippen LogP contribution in [0.1, 0.15) is 17.3 Å². The van der Waals surface area contributed by atoms with Gasteiger partial charge in [-0.2, -0.15) is 0 Å². The molecule has 0 aliphatic carbocycles. The van der Waals surface area contributed by atoms with E-state index in [4.69, 9.17) is 26.2 Å². The first-order valence-electron chi connectivity index (χ1n) is 6.59. The Morgan fingerprint density at radius 2 is 2.40 bits per heavy atom. The fraction of sp³-hybridized carbons (Fsp3) is 0.500. The molecule has 1 fully saturated rings. The summed E-state index contributed by atoms with van der Waals surface area (Å²) in [5.74, 6) is -0.735. The summed E-state index contributed by atoms with van der Waals surface area (Å²) in [5, 5.41) is 9.50. The average molecular weight is 300 g/mol. The van der Waals surface area contributed by atoms with Gasteiger partial charge in [-0.3, -0.25) is 4.90 Å². The number of hydrogen-bond acceptors (Lipinski definition) is 4. The lowest BCUT2D eigenvalue weighted by molar-refractivity contribution is -0.0465. The van der Waals surface area contributed by atoms with Crippen molar-refractivity contribution in [1.82, 2.24) is 4.90 Å². The van der Waals surface area contributed by atoms with Crippen LogP contribution in [0.5, 0.6) is 5.75 Å². The van der Waals surface area contributed by atoms with Gasteiger partial charge in [0.1, 0.15) is 24.0 Å². The van der Waals surface area contributed by atoms with E-state index in [0.29, 0.717) is 24.0 Å². The molecule has 1 heterocycles. The molecule has 1 aliphatic heterocycles. The van der Waals surface area contributed by atoms with Crippen LogP contribution in [-0.4, -0.2) is 54.9 Å². The van der Waals surface area contributed by atoms with E-state index in [-0.39, 0.29) is 11.7 Å². The number of aromatic carboxylic acids is 1. The summed E-state index contributed by atoms with van der Waals surface area (Å²) in [6.45, 7) is 5.81. The Morgan fingerprint density at radius 3 is 3.10 bits per heavy atom. The maximum Gasteiger partial charge on any atom is 0.339 e. The van der Waals surface area contributed by atoms with Crippen molar-refractivity contribution in [3.05, 3.63) is 28.8 Å². The van der Waals surface area contributed by atoms with Crippen molar-refractivity contribution >= 4 is 17.6 Å². The molecule has 0 radical (unpaired) electrons. The van der Waals surface area contributed by atoms with Crippen LogP contribution in [-0.2, 0) is 4.74 Å². The molecule has 0 amide bonds. The highest BCUT2D eigenvalue weighted by Crippen LogP contribution is 2.23. The van der Waals surface area contributed by atoms with Gasteiger partial charge < -0.3 is 14.6 Å². The van der Waals surface area contributed by atoms with Crippen molar-refractivity contribution in [2.45, 2.75) is 13.0 Å². The molecule has 1 aromatic rings. The molecule has 1 saturated heterocycles. The van der Waals surface area contributed by atoms with Crippen LogP contribution in [0, 0.1) is 0 Å². The van der Waals surface area contributed by atoms with E-state index in [2.05, 4.69) is 11.8 Å². The van der Waals surface area contributed by atoms with Gasteiger partial charge in [0.2, 0.25) is 0 Å². The van der Waals surface area contributed by atoms with Gasteiger partial charge in [0.15, 0.2) is 0 Å². The van der Waals surface area contributed by atoms with Crippen molar-refractivity contribution in [2.24, 2.45) is 0 Å². The third-order valence-corrected chi connectivity index (χ3v) is 3.50. The first kappa shape index (κ1) is 15.1. The number of likely N-dealkylation sites (N-methyl/N-ethyl adjacent to an activating group) is 1. The fourth-order valence-corrected chi connectivity index (χ4v) is 2.32. The molecule has 1 unspecified atom stereocenters. The molecule has 0 bridgehead atoms. The number of ether oxygens (including phenoxy) is 2. The number of carboxylic acids is 1. The van der Waals surface area contributed by atoms with Crippen molar-refractivity contribution in [1.29, 1.82) is 0 Å². The molecule has 110 valence electrons. The Balaban J connectivity index is 1.98. The fourth-order valence-electron chi connectivity index (χ4n) is 2.15. The standard InChI is InChI=1S/C14H18ClNO4/c1-2-16-5-6-19-11(8-16)9-20-13-4-3-10(15)7-12(13)14(17)18/h3-4,7,11H,2,5-6,8-9H2,1H3,(H,17,18). The van der Waals surface area contributed by atoms with E-state index in [1.165, 1.54) is 6.07 Å². The van der Waals surface area contributed by atoms with Crippen molar-refractivity contribution < 1.29 is 19.4 Å². The van der Waals surface area contributed by atoms with Crippen LogP contribution < -0.4 is 4.74 Å². The van der Waals surface area contributed by atoms with Crippen molar-refractivity contribution in [3.8, 4) is 5.75 Å². The Bertz CT molecular complexity index is 480. The average Bonchev–Trinajstić information content (AvgIpc) is 2.46. The summed E-state index contributed by atoms with van der Waals surface area (Å²) >= 11 is 5.80. The number of hydrogen-bond donors (Lipinski definition) is 1. The van der Waals surface area contributed by atoms with Gasteiger partial charge in [-0.1, -0.05) is 18.5 Å². The van der Waals surface area contributed by atoms with Crippen LogP contribution in [0.3, 0.4) is 0 Å². The highest BCUT2D eigenvalue weighted by atomic mass is 35.5. The second-order valence-electron chi connectivity index (χ2n) is 4.64. The molecule has 0 aromatic heterocycles. The number of morpholine rings is 1. The van der Waals surface area contributed by atoms with Crippen LogP contribution >= 0.6 is 11.6 Å². The normalized spacial score (nSPS) is 19.8. The van der Waals surface area contributed by atoms with E-state index in [1.807, 2.05) is 0 Å². The first-order valence-corrected chi connectivity index (χ1v) is 6.97. The summed E-state index contributed by atoms with van der Waals surface area (Å²) in [7, 11) is 0. The van der Waals surface area contributed by atoms with Gasteiger partial charge >= 0.3 is 5.97 Å². The monoisotopic (exact) mass is 299 g/mol. The summed E-state index contributed by atoms with van der Waals surface area (Å²) in [6.07, 6.45) is -0.0407. The topological polar surface area (TPSA) is 59.0 Å². The van der Waals surface area contributed by atoms with E-state index in [0.717, 1.165) is 19.6 Å². The number of nitrogens with zero attached hydrogens (tertiary/aromatic N) is 1. The number of halogens is 1. The van der Waals surface area contributed by atoms with Gasteiger partial charge in [0.25, 0.3) is 0 Å². The van der Waals surface area contributed by atoms with E-state index in [9.17, 15) is 4.79 Å². The van der Waals surface area contributed by atoms with Gasteiger partial charge in [-0.15, -0.1) is 0 Å². The van der Waals surface area contributed by atoms with Crippen LogP contribution in [0.2, 0.25) is 5.02 Å². The Labute approximate surface area is 123 Å². The zero-order valence-electron chi connectivity index (χ0n) is 11.3. The van der Waals surface area contributed by atoms with Crippen molar-refractivity contribution in [2.75, 3.05) is 32.8 Å². The predicted octanol–water partition coefficient (Wildman–Crippen LogP) is 2.14. The zero-order valence-corrected chi connectivity index (χ0v) is 12.1. The van der Waals surface area contributed by atoms with E-state index >= 15 is 0 Å². The third kappa shape index (κ3) is 3.85.